The Hall–Kier alpha value is -10.2. The Morgan fingerprint density at radius 3 is 1.32 bits per heavy atom. The predicted molar refractivity (Wildman–Crippen MR) is 523 cm³/mol. The van der Waals surface area contributed by atoms with Gasteiger partial charge in [0.15, 0.2) is 34.2 Å². The minimum atomic E-state index is -2.85. The molecule has 1 aliphatic carbocycles. The van der Waals surface area contributed by atoms with Crippen molar-refractivity contribution in [1.29, 1.82) is 0 Å². The van der Waals surface area contributed by atoms with Crippen molar-refractivity contribution >= 4 is 245 Å². The summed E-state index contributed by atoms with van der Waals surface area (Å²) in [5, 5.41) is 62.0. The molecule has 12 aromatic rings. The van der Waals surface area contributed by atoms with Crippen LogP contribution in [0.1, 0.15) is 94.3 Å². The van der Waals surface area contributed by atoms with Gasteiger partial charge in [0, 0.05) is 106 Å². The fourth-order valence-corrected chi connectivity index (χ4v) is 12.2. The molecule has 0 radical (unpaired) electrons. The fourth-order valence-electron chi connectivity index (χ4n) is 10.2. The van der Waals surface area contributed by atoms with Gasteiger partial charge in [-0.1, -0.05) is 186 Å². The van der Waals surface area contributed by atoms with Gasteiger partial charge in [0.2, 0.25) is 29.8 Å². The van der Waals surface area contributed by atoms with Gasteiger partial charge in [-0.2, -0.15) is 15.0 Å². The van der Waals surface area contributed by atoms with Crippen molar-refractivity contribution in [3.63, 3.8) is 0 Å². The molecule has 1 atom stereocenters. The standard InChI is InChI=1S/C18H15ClN6O3.C18H17ClN6O.C12H10Cl2N4O.C10H8O2.C9H11NO.C6H6N2O2.C5H11O4P.C4HCl3N2.CH3I.CH2O3.CH4.2K.H/c1-20-17(26)13-7-2-3-8-15(13)23-16-14(19)10-21-18(24-16)22-11-5-4-6-12(9-11)25(27)28;1-21-17(26)13-7-2-3-8-15(13)24-16-14(19)10-22-18(25-16)23-12-6-4-5-11(20)9-12;1-15-11(19)7-4-2-3-5-9(7)17-10-8(13)6-16-12(14)18-10;11-8-5-7-3-1-2-4-9(7)10(12)6-8;1-2-9(11)7-5-3-4-6-8(7)10;7-5-2-1-3-6(4-5)8(9)10;1-3-9-10(2,8)4-5(6)7;5-2-1-8-4(7)9-3(2)6;1-2;2-1-4-3;;;;/h2-10H,1H3,(H,20,26)(H2,21,22,23,24);2-10H,20H2,1H3,(H,21,26)(H2,22,23,24,25);2-6H,1H3,(H,15,19)(H,16,17,18);1-4H,5-6H2;3-6H,2,10H2,1H3;1-4H,7H2;3-4H2,1-2H3,(H,6,7);1H;1H3;1,3H;1H4;;;/q;;;;;;;;;;;2*+1;-1/p-1/i;;;;;;;;1D;;;;;. The van der Waals surface area contributed by atoms with Crippen molar-refractivity contribution < 1.29 is 178 Å². The molecule has 8 aromatic carbocycles. The van der Waals surface area contributed by atoms with Gasteiger partial charge >= 0.3 is 109 Å². The average Bonchev–Trinajstić information content (AvgIpc) is 0.870. The van der Waals surface area contributed by atoms with Crippen molar-refractivity contribution in [3.05, 3.63) is 308 Å². The Kier molecular flexibility index (Phi) is 58.6. The number of rotatable bonds is 22. The van der Waals surface area contributed by atoms with Crippen LogP contribution in [0.25, 0.3) is 0 Å². The molecule has 15 N–H and O–H groups in total. The topological polar surface area (TPSA) is 579 Å². The molecule has 49 heteroatoms. The number of nitro groups is 2. The number of Topliss-reactive ketones (excluding diaryl/α,β-unsaturated/α-hetero) is 3. The van der Waals surface area contributed by atoms with Gasteiger partial charge in [-0.25, -0.2) is 24.9 Å². The van der Waals surface area contributed by atoms with E-state index in [1.54, 1.807) is 142 Å². The maximum atomic E-state index is 12.0. The van der Waals surface area contributed by atoms with E-state index in [0.29, 0.717) is 119 Å². The molecule has 3 amide bonds. The molecule has 698 valence electrons. The van der Waals surface area contributed by atoms with Crippen molar-refractivity contribution in [2.24, 2.45) is 0 Å². The zero-order chi connectivity index (χ0) is 98.0. The van der Waals surface area contributed by atoms with E-state index in [-0.39, 0.29) is 210 Å². The van der Waals surface area contributed by atoms with Crippen LogP contribution in [0.15, 0.2) is 219 Å². The van der Waals surface area contributed by atoms with E-state index in [2.05, 4.69) is 87.3 Å². The Morgan fingerprint density at radius 1 is 0.545 bits per heavy atom. The number of hydrogen-bond acceptors (Lipinski definition) is 32. The van der Waals surface area contributed by atoms with E-state index in [1.807, 2.05) is 78.0 Å². The first-order valence-corrected chi connectivity index (χ1v) is 43.8. The van der Waals surface area contributed by atoms with Crippen LogP contribution in [0, 0.1) is 20.2 Å². The number of nitrogens with two attached hydrogens (primary N) is 3. The minimum Gasteiger partial charge on any atom is -1.00 e. The maximum absolute atomic E-state index is 12.0. The van der Waals surface area contributed by atoms with Gasteiger partial charge in [-0.05, 0) is 119 Å². The van der Waals surface area contributed by atoms with E-state index in [4.69, 9.17) is 119 Å². The second-order valence-electron chi connectivity index (χ2n) is 25.2. The van der Waals surface area contributed by atoms with Crippen LogP contribution in [-0.4, -0.2) is 148 Å². The van der Waals surface area contributed by atoms with Crippen LogP contribution in [-0.2, 0) is 34.8 Å². The molecule has 38 nitrogen and oxygen atoms in total. The van der Waals surface area contributed by atoms with Gasteiger partial charge in [-0.3, -0.25) is 63.1 Å². The fraction of sp³-hybridized carbons (Fsp3) is 0.153. The SMILES string of the molecule is C.CCC(=O)c1ccccc1N.CCOP(C)(=O)CC(=O)O.CNC(=O)c1ccccc1Nc1nc(Cl)ncc1Cl.CNC(=O)c1ccccc1Nc1nc(Nc2cccc(N)c2)ncc1Cl.CNC(=O)c1ccccc1Nc1nc(Nc2cccc([N+](=O)[O-])c2)ncc1Cl.Clc1ncc(Cl)c(Cl)n1.Nc1cccc([N+](=O)[O-])c1.O=C1CC(=O)c2ccccc2C1.O=CO[O-].[2H]CI.[H-].[K+].[K+]. The Bertz CT molecular complexity index is 6020. The Balaban J connectivity index is 0.00000156. The number of nitrogens with one attached hydrogen (secondary N) is 8. The normalized spacial score (nSPS) is 10.6. The van der Waals surface area contributed by atoms with E-state index < -0.39 is 23.2 Å². The van der Waals surface area contributed by atoms with E-state index >= 15 is 0 Å². The predicted octanol–water partition coefficient (Wildman–Crippen LogP) is 12.4. The average molecular weight is 2160 g/mol. The largest absolute Gasteiger partial charge is 1.00 e. The zero-order valence-electron chi connectivity index (χ0n) is 73.8. The zero-order valence-corrected chi connectivity index (χ0v) is 86.3. The molecule has 0 fully saturated rings. The van der Waals surface area contributed by atoms with Gasteiger partial charge in [0.1, 0.15) is 27.0 Å². The summed E-state index contributed by atoms with van der Waals surface area (Å²) >= 11 is 42.3. The number of fused-ring (bicyclic) bond motifs is 1. The number of halogens is 8. The van der Waals surface area contributed by atoms with Crippen LogP contribution >= 0.6 is 111 Å². The summed E-state index contributed by atoms with van der Waals surface area (Å²) in [6.45, 7) is 4.94. The molecular formula is C85H88Cl7IK2N21O17P. The molecule has 0 saturated carbocycles. The smallest absolute Gasteiger partial charge is 1.00 e. The molecule has 0 aliphatic heterocycles. The minimum absolute atomic E-state index is 0. The molecule has 134 heavy (non-hydrogen) atoms. The Morgan fingerprint density at radius 2 is 0.925 bits per heavy atom. The Labute approximate surface area is 906 Å². The number of benzene rings is 8. The summed E-state index contributed by atoms with van der Waals surface area (Å²) in [6, 6.07) is 54.5. The number of carbonyl (C=O) groups is 8. The number of carboxylic acids is 1. The number of nitro benzene ring substituents is 2. The number of nitrogens with zero attached hydrogens (tertiary/aromatic N) is 10. The molecule has 0 spiro atoms. The molecule has 4 heterocycles. The van der Waals surface area contributed by atoms with Crippen molar-refractivity contribution in [3.8, 4) is 0 Å². The number of hydrogen-bond donors (Lipinski definition) is 12. The van der Waals surface area contributed by atoms with Gasteiger partial charge in [0.25, 0.3) is 35.6 Å². The summed E-state index contributed by atoms with van der Waals surface area (Å²) in [4.78, 5) is 143. The first-order chi connectivity index (χ1) is 62.9. The van der Waals surface area contributed by atoms with Crippen LogP contribution < -0.4 is 168 Å². The van der Waals surface area contributed by atoms with Crippen molar-refractivity contribution in [2.75, 3.05) is 89.3 Å². The van der Waals surface area contributed by atoms with Crippen LogP contribution in [0.4, 0.5) is 86.2 Å². The maximum Gasteiger partial charge on any atom is 1.00 e. The number of non-ortho nitro benzene ring substituents is 2. The summed E-state index contributed by atoms with van der Waals surface area (Å²) in [5.74, 6) is -0.143. The molecule has 1 aliphatic rings. The first kappa shape index (κ1) is 120. The number of alkyl halides is 1. The van der Waals surface area contributed by atoms with Crippen LogP contribution in [0.2, 0.25) is 35.8 Å². The molecule has 4 aromatic heterocycles. The number of anilines is 13. The third-order valence-electron chi connectivity index (χ3n) is 15.9. The number of ketones is 3. The number of amides is 3. The summed E-state index contributed by atoms with van der Waals surface area (Å²) in [5.41, 5.74) is 24.7. The quantitative estimate of drug-likeness (QED) is 0.00239. The number of carboxylic acid groups (broad SMARTS) is 1. The summed E-state index contributed by atoms with van der Waals surface area (Å²) in [6.07, 6.45) is 6.22. The van der Waals surface area contributed by atoms with E-state index in [0.717, 1.165) is 16.8 Å². The second-order valence-corrected chi connectivity index (χ2v) is 30.5. The van der Waals surface area contributed by atoms with Crippen LogP contribution in [0.5, 0.6) is 0 Å². The number of carbonyl (C=O) groups excluding carboxylic acids is 7. The first-order valence-electron chi connectivity index (χ1n) is 38.1. The molecule has 13 rings (SSSR count). The van der Waals surface area contributed by atoms with Gasteiger partial charge < -0.3 is 80.9 Å². The third-order valence-corrected chi connectivity index (χ3v) is 19.4. The molecule has 0 saturated heterocycles. The third kappa shape index (κ3) is 44.1. The summed E-state index contributed by atoms with van der Waals surface area (Å²) < 4.78 is 21.9. The monoisotopic (exact) mass is 2160 g/mol. The van der Waals surface area contributed by atoms with Gasteiger partial charge in [0.05, 0.1) is 86.4 Å². The number of para-hydroxylation sites is 4. The molecule has 1 unspecified atom stereocenters. The second kappa shape index (κ2) is 65.5. The van der Waals surface area contributed by atoms with Crippen molar-refractivity contribution in [1.82, 2.24) is 55.8 Å². The van der Waals surface area contributed by atoms with Crippen molar-refractivity contribution in [2.45, 2.75) is 40.5 Å². The molecule has 0 bridgehead atoms. The van der Waals surface area contributed by atoms with E-state index in [9.17, 15) is 58.4 Å². The van der Waals surface area contributed by atoms with Gasteiger partial charge in [-0.15, -0.1) is 0 Å². The number of nitrogen functional groups attached to an aromatic ring is 3. The number of aromatic nitrogens is 8. The van der Waals surface area contributed by atoms with E-state index in [1.165, 1.54) is 62.8 Å². The summed E-state index contributed by atoms with van der Waals surface area (Å²) in [7, 11) is 1.83. The number of aliphatic carboxylic acids is 1. The molecular weight excluding hydrogens is 2070 g/mol. The van der Waals surface area contributed by atoms with Crippen LogP contribution in [0.3, 0.4) is 0 Å².